The van der Waals surface area contributed by atoms with Gasteiger partial charge < -0.3 is 9.84 Å². The van der Waals surface area contributed by atoms with E-state index in [2.05, 4.69) is 13.0 Å². The first-order chi connectivity index (χ1) is 8.36. The number of ether oxygens (including phenoxy) is 1. The van der Waals surface area contributed by atoms with Gasteiger partial charge in [0, 0.05) is 17.9 Å². The number of hydrogen-bond acceptors (Lipinski definition) is 3. The number of rotatable bonds is 0. The second-order valence-corrected chi connectivity index (χ2v) is 6.30. The van der Waals surface area contributed by atoms with Gasteiger partial charge in [0.2, 0.25) is 0 Å². The summed E-state index contributed by atoms with van der Waals surface area (Å²) >= 11 is 0. The summed E-state index contributed by atoms with van der Waals surface area (Å²) in [5, 5.41) is 10.7. The van der Waals surface area contributed by atoms with Crippen molar-refractivity contribution in [1.29, 1.82) is 0 Å². The molecule has 0 aromatic carbocycles. The summed E-state index contributed by atoms with van der Waals surface area (Å²) in [5.74, 6) is 0.101. The summed E-state index contributed by atoms with van der Waals surface area (Å²) in [4.78, 5) is 11.7. The summed E-state index contributed by atoms with van der Waals surface area (Å²) in [5.41, 5.74) is 0.647. The predicted molar refractivity (Wildman–Crippen MR) is 67.8 cm³/mol. The van der Waals surface area contributed by atoms with Crippen molar-refractivity contribution in [1.82, 2.24) is 0 Å². The maximum Gasteiger partial charge on any atom is 0.334 e. The Labute approximate surface area is 108 Å². The van der Waals surface area contributed by atoms with Crippen LogP contribution in [0.15, 0.2) is 23.3 Å². The Balaban J connectivity index is 2.09. The van der Waals surface area contributed by atoms with Gasteiger partial charge in [-0.25, -0.2) is 4.79 Å². The molecule has 3 heteroatoms. The van der Waals surface area contributed by atoms with Gasteiger partial charge in [-0.3, -0.25) is 0 Å². The fourth-order valence-corrected chi connectivity index (χ4v) is 4.12. The largest absolute Gasteiger partial charge is 0.451 e. The summed E-state index contributed by atoms with van der Waals surface area (Å²) in [6.45, 7) is 5.80. The molecule has 2 aliphatic carbocycles. The molecule has 1 N–H and O–H groups in total. The third kappa shape index (κ3) is 1.43. The number of fused-ring (bicyclic) bond motifs is 2. The van der Waals surface area contributed by atoms with E-state index in [4.69, 9.17) is 4.74 Å². The SMILES string of the molecule is CC1=CC2(CC=C(C)C3CCC(C)(O)C32)OC1=O. The van der Waals surface area contributed by atoms with E-state index >= 15 is 0 Å². The second kappa shape index (κ2) is 3.47. The number of allylic oxidation sites excluding steroid dienone is 1. The van der Waals surface area contributed by atoms with Gasteiger partial charge in [0.15, 0.2) is 0 Å². The van der Waals surface area contributed by atoms with E-state index < -0.39 is 11.2 Å². The van der Waals surface area contributed by atoms with Crippen LogP contribution in [0.3, 0.4) is 0 Å². The lowest BCUT2D eigenvalue weighted by molar-refractivity contribution is -0.160. The third-order valence-electron chi connectivity index (χ3n) is 4.95. The molecule has 0 saturated heterocycles. The normalized spacial score (nSPS) is 46.8. The molecule has 3 rings (SSSR count). The van der Waals surface area contributed by atoms with Crippen molar-refractivity contribution in [2.24, 2.45) is 11.8 Å². The van der Waals surface area contributed by atoms with Crippen molar-refractivity contribution in [2.75, 3.05) is 0 Å². The number of carbonyl (C=O) groups is 1. The Morgan fingerprint density at radius 2 is 2.17 bits per heavy atom. The molecule has 1 heterocycles. The standard InChI is InChI=1S/C15H20O3/c1-9-4-7-15(8-10(2)13(16)18-15)12-11(9)5-6-14(12,3)17/h4,8,11-12,17H,5-7H2,1-3H3. The van der Waals surface area contributed by atoms with Crippen molar-refractivity contribution in [2.45, 2.75) is 51.2 Å². The van der Waals surface area contributed by atoms with E-state index in [1.165, 1.54) is 5.57 Å². The van der Waals surface area contributed by atoms with Crippen LogP contribution in [-0.2, 0) is 9.53 Å². The quantitative estimate of drug-likeness (QED) is 0.529. The highest BCUT2D eigenvalue weighted by Gasteiger charge is 2.59. The Morgan fingerprint density at radius 1 is 1.44 bits per heavy atom. The van der Waals surface area contributed by atoms with Gasteiger partial charge in [-0.2, -0.15) is 0 Å². The molecule has 1 spiro atoms. The van der Waals surface area contributed by atoms with E-state index in [-0.39, 0.29) is 11.9 Å². The smallest absolute Gasteiger partial charge is 0.334 e. The minimum absolute atomic E-state index is 0.00333. The molecule has 18 heavy (non-hydrogen) atoms. The second-order valence-electron chi connectivity index (χ2n) is 6.30. The summed E-state index contributed by atoms with van der Waals surface area (Å²) in [6, 6.07) is 0. The van der Waals surface area contributed by atoms with Crippen LogP contribution in [0.5, 0.6) is 0 Å². The van der Waals surface area contributed by atoms with E-state index in [0.717, 1.165) is 12.8 Å². The molecule has 3 aliphatic rings. The zero-order valence-electron chi connectivity index (χ0n) is 11.2. The van der Waals surface area contributed by atoms with Crippen LogP contribution >= 0.6 is 0 Å². The molecule has 0 aromatic heterocycles. The summed E-state index contributed by atoms with van der Waals surface area (Å²) < 4.78 is 5.66. The highest BCUT2D eigenvalue weighted by atomic mass is 16.6. The lowest BCUT2D eigenvalue weighted by Gasteiger charge is -2.44. The molecule has 0 aromatic rings. The number of aliphatic hydroxyl groups is 1. The van der Waals surface area contributed by atoms with Crippen LogP contribution in [0.4, 0.5) is 0 Å². The zero-order valence-corrected chi connectivity index (χ0v) is 11.2. The number of carbonyl (C=O) groups excluding carboxylic acids is 1. The van der Waals surface area contributed by atoms with Gasteiger partial charge in [0.05, 0.1) is 5.60 Å². The molecule has 1 aliphatic heterocycles. The molecule has 98 valence electrons. The van der Waals surface area contributed by atoms with Crippen molar-refractivity contribution < 1.29 is 14.6 Å². The maximum atomic E-state index is 11.7. The molecule has 1 saturated carbocycles. The Bertz CT molecular complexity index is 472. The Kier molecular flexibility index (Phi) is 2.31. The molecule has 0 radical (unpaired) electrons. The average molecular weight is 248 g/mol. The van der Waals surface area contributed by atoms with Gasteiger partial charge in [-0.05, 0) is 45.6 Å². The molecular weight excluding hydrogens is 228 g/mol. The van der Waals surface area contributed by atoms with Crippen LogP contribution < -0.4 is 0 Å². The van der Waals surface area contributed by atoms with E-state index in [0.29, 0.717) is 17.9 Å². The minimum Gasteiger partial charge on any atom is -0.451 e. The summed E-state index contributed by atoms with van der Waals surface area (Å²) in [6.07, 6.45) is 6.56. The van der Waals surface area contributed by atoms with Gasteiger partial charge in [0.25, 0.3) is 0 Å². The topological polar surface area (TPSA) is 46.5 Å². The monoisotopic (exact) mass is 248 g/mol. The lowest BCUT2D eigenvalue weighted by atomic mass is 9.67. The highest BCUT2D eigenvalue weighted by Crippen LogP contribution is 2.56. The average Bonchev–Trinajstić information content (AvgIpc) is 2.74. The molecule has 0 amide bonds. The Hall–Kier alpha value is -1.09. The van der Waals surface area contributed by atoms with Gasteiger partial charge in [-0.15, -0.1) is 0 Å². The lowest BCUT2D eigenvalue weighted by Crippen LogP contribution is -2.51. The van der Waals surface area contributed by atoms with E-state index in [1.807, 2.05) is 13.0 Å². The van der Waals surface area contributed by atoms with Gasteiger partial charge in [0.1, 0.15) is 5.60 Å². The molecule has 1 fully saturated rings. The van der Waals surface area contributed by atoms with Crippen LogP contribution in [0.2, 0.25) is 0 Å². The highest BCUT2D eigenvalue weighted by molar-refractivity contribution is 5.91. The van der Waals surface area contributed by atoms with Crippen LogP contribution in [0.25, 0.3) is 0 Å². The molecule has 4 unspecified atom stereocenters. The third-order valence-corrected chi connectivity index (χ3v) is 4.95. The van der Waals surface area contributed by atoms with E-state index in [9.17, 15) is 9.90 Å². The van der Waals surface area contributed by atoms with Gasteiger partial charge >= 0.3 is 5.97 Å². The first-order valence-electron chi connectivity index (χ1n) is 6.67. The zero-order chi connectivity index (χ0) is 13.1. The van der Waals surface area contributed by atoms with Gasteiger partial charge in [-0.1, -0.05) is 11.6 Å². The van der Waals surface area contributed by atoms with Crippen molar-refractivity contribution in [3.63, 3.8) is 0 Å². The van der Waals surface area contributed by atoms with Crippen LogP contribution in [0.1, 0.15) is 40.0 Å². The molecule has 3 nitrogen and oxygen atoms in total. The maximum absolute atomic E-state index is 11.7. The first-order valence-corrected chi connectivity index (χ1v) is 6.67. The number of esters is 1. The fraction of sp³-hybridized carbons (Fsp3) is 0.667. The molecule has 4 atom stereocenters. The van der Waals surface area contributed by atoms with Crippen molar-refractivity contribution in [3.8, 4) is 0 Å². The Morgan fingerprint density at radius 3 is 2.78 bits per heavy atom. The molecule has 0 bridgehead atoms. The molecular formula is C15H20O3. The fourth-order valence-electron chi connectivity index (χ4n) is 4.12. The van der Waals surface area contributed by atoms with Crippen molar-refractivity contribution >= 4 is 5.97 Å². The van der Waals surface area contributed by atoms with E-state index in [1.54, 1.807) is 6.92 Å². The minimum atomic E-state index is -0.748. The van der Waals surface area contributed by atoms with Crippen LogP contribution in [0, 0.1) is 11.8 Å². The van der Waals surface area contributed by atoms with Crippen LogP contribution in [-0.4, -0.2) is 22.3 Å². The number of hydrogen-bond donors (Lipinski definition) is 1. The predicted octanol–water partition coefficient (Wildman–Crippen LogP) is 2.36. The summed E-state index contributed by atoms with van der Waals surface area (Å²) in [7, 11) is 0. The first kappa shape index (κ1) is 12.0. The van der Waals surface area contributed by atoms with Crippen molar-refractivity contribution in [3.05, 3.63) is 23.3 Å².